The Morgan fingerprint density at radius 2 is 1.85 bits per heavy atom. The number of carbonyl (C=O) groups is 1. The Morgan fingerprint density at radius 1 is 1.25 bits per heavy atom. The van der Waals surface area contributed by atoms with Gasteiger partial charge in [0, 0.05) is 5.69 Å². The van der Waals surface area contributed by atoms with E-state index in [1.165, 1.54) is 19.2 Å². The minimum atomic E-state index is -4.08. The van der Waals surface area contributed by atoms with E-state index in [-0.39, 0.29) is 10.6 Å². The van der Waals surface area contributed by atoms with Gasteiger partial charge in [-0.2, -0.15) is 0 Å². The van der Waals surface area contributed by atoms with Crippen LogP contribution in [0.25, 0.3) is 0 Å². The minimum absolute atomic E-state index is 0.0225. The van der Waals surface area contributed by atoms with E-state index in [0.29, 0.717) is 5.56 Å². The molecule has 112 valence electrons. The fourth-order valence-electron chi connectivity index (χ4n) is 1.44. The van der Waals surface area contributed by atoms with Gasteiger partial charge in [-0.15, -0.1) is 0 Å². The molecule has 0 saturated carbocycles. The molecule has 0 bridgehead atoms. The standard InChI is InChI=1S/C10H14N2O6S2/c1-7-3-4-8(5-9(7)20(17,18)11-2)12-19(15,16)6-10(13)14/h3-5,11-12H,6H2,1-2H3,(H,13,14). The van der Waals surface area contributed by atoms with Crippen LogP contribution in [-0.4, -0.2) is 40.7 Å². The number of carboxylic acid groups (broad SMARTS) is 1. The number of carboxylic acids is 1. The molecule has 0 atom stereocenters. The van der Waals surface area contributed by atoms with Crippen LogP contribution in [0.2, 0.25) is 0 Å². The van der Waals surface area contributed by atoms with E-state index < -0.39 is 31.8 Å². The van der Waals surface area contributed by atoms with Gasteiger partial charge in [-0.1, -0.05) is 6.07 Å². The molecule has 0 aliphatic rings. The number of aryl methyl sites for hydroxylation is 1. The van der Waals surface area contributed by atoms with Crippen LogP contribution in [0.15, 0.2) is 23.1 Å². The van der Waals surface area contributed by atoms with Gasteiger partial charge in [0.1, 0.15) is 0 Å². The zero-order chi connectivity index (χ0) is 15.6. The molecule has 8 nitrogen and oxygen atoms in total. The third-order valence-corrected chi connectivity index (χ3v) is 5.06. The molecular weight excluding hydrogens is 308 g/mol. The average molecular weight is 322 g/mol. The van der Waals surface area contributed by atoms with Crippen LogP contribution in [0.5, 0.6) is 0 Å². The quantitative estimate of drug-likeness (QED) is 0.661. The number of anilines is 1. The maximum atomic E-state index is 11.7. The first-order valence-electron chi connectivity index (χ1n) is 5.34. The van der Waals surface area contributed by atoms with Crippen LogP contribution in [0.1, 0.15) is 5.56 Å². The van der Waals surface area contributed by atoms with Crippen molar-refractivity contribution in [2.75, 3.05) is 17.5 Å². The molecule has 0 aliphatic carbocycles. The van der Waals surface area contributed by atoms with Gasteiger partial charge >= 0.3 is 5.97 Å². The molecule has 1 rings (SSSR count). The largest absolute Gasteiger partial charge is 0.480 e. The molecule has 0 aromatic heterocycles. The molecule has 0 heterocycles. The number of nitrogens with one attached hydrogen (secondary N) is 2. The van der Waals surface area contributed by atoms with E-state index in [9.17, 15) is 21.6 Å². The van der Waals surface area contributed by atoms with Crippen molar-refractivity contribution < 1.29 is 26.7 Å². The summed E-state index contributed by atoms with van der Waals surface area (Å²) >= 11 is 0. The highest BCUT2D eigenvalue weighted by Crippen LogP contribution is 2.20. The molecule has 0 amide bonds. The average Bonchev–Trinajstić information content (AvgIpc) is 2.29. The van der Waals surface area contributed by atoms with Crippen LogP contribution in [0.4, 0.5) is 5.69 Å². The first kappa shape index (κ1) is 16.4. The van der Waals surface area contributed by atoms with Crippen LogP contribution < -0.4 is 9.44 Å². The van der Waals surface area contributed by atoms with Crippen LogP contribution in [0, 0.1) is 6.92 Å². The van der Waals surface area contributed by atoms with Crippen molar-refractivity contribution in [3.63, 3.8) is 0 Å². The Kier molecular flexibility index (Phi) is 4.73. The van der Waals surface area contributed by atoms with Crippen molar-refractivity contribution in [2.24, 2.45) is 0 Å². The van der Waals surface area contributed by atoms with Crippen molar-refractivity contribution >= 4 is 31.7 Å². The smallest absolute Gasteiger partial charge is 0.320 e. The number of benzene rings is 1. The van der Waals surface area contributed by atoms with Crippen molar-refractivity contribution in [1.29, 1.82) is 0 Å². The Bertz CT molecular complexity index is 724. The molecule has 0 fully saturated rings. The van der Waals surface area contributed by atoms with Gasteiger partial charge in [0.15, 0.2) is 5.75 Å². The zero-order valence-corrected chi connectivity index (χ0v) is 12.4. The van der Waals surface area contributed by atoms with Gasteiger partial charge in [0.25, 0.3) is 0 Å². The highest BCUT2D eigenvalue weighted by Gasteiger charge is 2.19. The van der Waals surface area contributed by atoms with E-state index in [1.54, 1.807) is 6.92 Å². The van der Waals surface area contributed by atoms with Gasteiger partial charge < -0.3 is 5.11 Å². The van der Waals surface area contributed by atoms with E-state index in [2.05, 4.69) is 4.72 Å². The molecule has 10 heteroatoms. The first-order chi connectivity index (χ1) is 9.07. The fraction of sp³-hybridized carbons (Fsp3) is 0.300. The highest BCUT2D eigenvalue weighted by atomic mass is 32.2. The summed E-state index contributed by atoms with van der Waals surface area (Å²) in [7, 11) is -6.58. The molecule has 1 aromatic rings. The molecular formula is C10H14N2O6S2. The minimum Gasteiger partial charge on any atom is -0.480 e. The van der Waals surface area contributed by atoms with Crippen LogP contribution >= 0.6 is 0 Å². The summed E-state index contributed by atoms with van der Waals surface area (Å²) in [6.45, 7) is 1.56. The number of hydrogen-bond donors (Lipinski definition) is 3. The Morgan fingerprint density at radius 3 is 2.35 bits per heavy atom. The lowest BCUT2D eigenvalue weighted by molar-refractivity contribution is -0.134. The predicted octanol–water partition coefficient (Wildman–Crippen LogP) is -0.271. The maximum Gasteiger partial charge on any atom is 0.320 e. The lowest BCUT2D eigenvalue weighted by Gasteiger charge is -2.10. The van der Waals surface area contributed by atoms with E-state index in [4.69, 9.17) is 5.11 Å². The fourth-order valence-corrected chi connectivity index (χ4v) is 3.32. The third-order valence-electron chi connectivity index (χ3n) is 2.33. The van der Waals surface area contributed by atoms with E-state index in [1.807, 2.05) is 4.72 Å². The lowest BCUT2D eigenvalue weighted by atomic mass is 10.2. The summed E-state index contributed by atoms with van der Waals surface area (Å²) < 4.78 is 50.5. The predicted molar refractivity (Wildman–Crippen MR) is 72.5 cm³/mol. The van der Waals surface area contributed by atoms with Gasteiger partial charge in [0.2, 0.25) is 20.0 Å². The molecule has 0 aliphatic heterocycles. The normalized spacial score (nSPS) is 12.1. The first-order valence-corrected chi connectivity index (χ1v) is 8.47. The Hall–Kier alpha value is -1.65. The topological polar surface area (TPSA) is 130 Å². The van der Waals surface area contributed by atoms with Crippen molar-refractivity contribution in [1.82, 2.24) is 4.72 Å². The summed E-state index contributed by atoms with van der Waals surface area (Å²) in [5, 5.41) is 8.47. The molecule has 0 radical (unpaired) electrons. The Balaban J connectivity index is 3.18. The summed E-state index contributed by atoms with van der Waals surface area (Å²) in [4.78, 5) is 10.3. The SMILES string of the molecule is CNS(=O)(=O)c1cc(NS(=O)(=O)CC(=O)O)ccc1C. The molecule has 0 spiro atoms. The summed E-state index contributed by atoms with van der Waals surface area (Å²) in [5.74, 6) is -2.61. The van der Waals surface area contributed by atoms with Crippen LogP contribution in [-0.2, 0) is 24.8 Å². The number of sulfonamides is 2. The number of rotatable bonds is 6. The summed E-state index contributed by atoms with van der Waals surface area (Å²) in [6.07, 6.45) is 0. The summed E-state index contributed by atoms with van der Waals surface area (Å²) in [6, 6.07) is 3.90. The van der Waals surface area contributed by atoms with Crippen molar-refractivity contribution in [2.45, 2.75) is 11.8 Å². The van der Waals surface area contributed by atoms with Gasteiger partial charge in [-0.3, -0.25) is 9.52 Å². The lowest BCUT2D eigenvalue weighted by Crippen LogP contribution is -2.23. The molecule has 0 unspecified atom stereocenters. The Labute approximate surface area is 116 Å². The second-order valence-corrected chi connectivity index (χ2v) is 7.52. The molecule has 1 aromatic carbocycles. The monoisotopic (exact) mass is 322 g/mol. The van der Waals surface area contributed by atoms with Crippen LogP contribution in [0.3, 0.4) is 0 Å². The van der Waals surface area contributed by atoms with Gasteiger partial charge in [0.05, 0.1) is 4.90 Å². The van der Waals surface area contributed by atoms with Gasteiger partial charge in [-0.05, 0) is 31.7 Å². The molecule has 3 N–H and O–H groups in total. The number of aliphatic carboxylic acids is 1. The molecule has 20 heavy (non-hydrogen) atoms. The maximum absolute atomic E-state index is 11.7. The zero-order valence-electron chi connectivity index (χ0n) is 10.7. The third kappa shape index (κ3) is 4.18. The second-order valence-electron chi connectivity index (χ2n) is 3.94. The van der Waals surface area contributed by atoms with Gasteiger partial charge in [-0.25, -0.2) is 21.6 Å². The highest BCUT2D eigenvalue weighted by molar-refractivity contribution is 7.93. The summed E-state index contributed by atoms with van der Waals surface area (Å²) in [5.41, 5.74) is 0.409. The van der Waals surface area contributed by atoms with Crippen molar-refractivity contribution in [3.05, 3.63) is 23.8 Å². The molecule has 0 saturated heterocycles. The van der Waals surface area contributed by atoms with E-state index >= 15 is 0 Å². The second kappa shape index (κ2) is 5.77. The van der Waals surface area contributed by atoms with Crippen molar-refractivity contribution in [3.8, 4) is 0 Å². The number of hydrogen-bond acceptors (Lipinski definition) is 5. The van der Waals surface area contributed by atoms with E-state index in [0.717, 1.165) is 6.07 Å².